The maximum absolute atomic E-state index is 12.2. The first-order valence-electron chi connectivity index (χ1n) is 5.39. The zero-order valence-corrected chi connectivity index (χ0v) is 10.9. The Kier molecular flexibility index (Phi) is 5.21. The van der Waals surface area contributed by atoms with Crippen LogP contribution in [0.2, 0.25) is 0 Å². The summed E-state index contributed by atoms with van der Waals surface area (Å²) in [5.74, 6) is -0.794. The first-order valence-corrected chi connectivity index (χ1v) is 5.39. The average Bonchev–Trinajstić information content (AvgIpc) is 2.12. The summed E-state index contributed by atoms with van der Waals surface area (Å²) < 4.78 is 36.5. The van der Waals surface area contributed by atoms with Crippen molar-refractivity contribution in [1.29, 1.82) is 0 Å². The molecule has 0 saturated heterocycles. The van der Waals surface area contributed by atoms with Gasteiger partial charge in [-0.1, -0.05) is 13.0 Å². The molecular formula is C11H19F3N2O2. The predicted molar refractivity (Wildman–Crippen MR) is 61.6 cm³/mol. The number of hydrogen-bond acceptors (Lipinski definition) is 2. The molecule has 2 unspecified atom stereocenters. The number of rotatable bonds is 4. The first kappa shape index (κ1) is 16.8. The van der Waals surface area contributed by atoms with E-state index in [0.717, 1.165) is 4.90 Å². The summed E-state index contributed by atoms with van der Waals surface area (Å²) in [4.78, 5) is 11.8. The molecule has 2 atom stereocenters. The van der Waals surface area contributed by atoms with Crippen LogP contribution in [0.5, 0.6) is 0 Å². The number of amides is 2. The van der Waals surface area contributed by atoms with E-state index in [4.69, 9.17) is 5.73 Å². The molecule has 0 aliphatic heterocycles. The Labute approximate surface area is 104 Å². The molecular weight excluding hydrogens is 249 g/mol. The summed E-state index contributed by atoms with van der Waals surface area (Å²) in [6, 6.07) is -0.865. The van der Waals surface area contributed by atoms with Crippen molar-refractivity contribution in [3.05, 3.63) is 11.6 Å². The SMILES string of the molecule is CC(=CC(C)CC(F)(F)F)C(C)(O)N(C)C(N)=O. The van der Waals surface area contributed by atoms with Crippen LogP contribution in [0, 0.1) is 5.92 Å². The Hall–Kier alpha value is -1.24. The molecule has 0 aromatic heterocycles. The number of allylic oxidation sites excluding steroid dienone is 1. The summed E-state index contributed by atoms with van der Waals surface area (Å²) in [6.45, 7) is 4.13. The van der Waals surface area contributed by atoms with Gasteiger partial charge >= 0.3 is 12.2 Å². The topological polar surface area (TPSA) is 66.6 Å². The Morgan fingerprint density at radius 1 is 1.50 bits per heavy atom. The van der Waals surface area contributed by atoms with Crippen LogP contribution in [-0.2, 0) is 0 Å². The lowest BCUT2D eigenvalue weighted by Crippen LogP contribution is -2.50. The average molecular weight is 268 g/mol. The lowest BCUT2D eigenvalue weighted by Gasteiger charge is -2.34. The van der Waals surface area contributed by atoms with E-state index in [2.05, 4.69) is 0 Å². The van der Waals surface area contributed by atoms with E-state index >= 15 is 0 Å². The van der Waals surface area contributed by atoms with E-state index in [-0.39, 0.29) is 5.57 Å². The molecule has 3 N–H and O–H groups in total. The fourth-order valence-corrected chi connectivity index (χ4v) is 1.49. The van der Waals surface area contributed by atoms with Gasteiger partial charge in [0, 0.05) is 13.5 Å². The van der Waals surface area contributed by atoms with Gasteiger partial charge in [-0.15, -0.1) is 0 Å². The van der Waals surface area contributed by atoms with Crippen LogP contribution in [0.1, 0.15) is 27.2 Å². The van der Waals surface area contributed by atoms with Gasteiger partial charge in [0.15, 0.2) is 5.72 Å². The Morgan fingerprint density at radius 3 is 2.28 bits per heavy atom. The molecule has 0 rings (SSSR count). The third-order valence-corrected chi connectivity index (χ3v) is 2.82. The monoisotopic (exact) mass is 268 g/mol. The Bertz CT molecular complexity index is 338. The van der Waals surface area contributed by atoms with E-state index in [1.807, 2.05) is 0 Å². The first-order chi connectivity index (χ1) is 7.88. The summed E-state index contributed by atoms with van der Waals surface area (Å²) in [5, 5.41) is 10.0. The van der Waals surface area contributed by atoms with Crippen molar-refractivity contribution in [2.45, 2.75) is 39.1 Å². The normalized spacial score (nSPS) is 18.1. The van der Waals surface area contributed by atoms with Gasteiger partial charge in [0.1, 0.15) is 0 Å². The number of aliphatic hydroxyl groups is 1. The van der Waals surface area contributed by atoms with Crippen LogP contribution in [0.25, 0.3) is 0 Å². The van der Waals surface area contributed by atoms with Crippen LogP contribution < -0.4 is 5.73 Å². The van der Waals surface area contributed by atoms with Crippen molar-refractivity contribution in [2.24, 2.45) is 11.7 Å². The molecule has 0 spiro atoms. The van der Waals surface area contributed by atoms with Crippen molar-refractivity contribution in [1.82, 2.24) is 4.90 Å². The Balaban J connectivity index is 4.91. The number of likely N-dealkylation sites (N-methyl/N-ethyl adjacent to an activating group) is 1. The molecule has 106 valence electrons. The smallest absolute Gasteiger partial charge is 0.367 e. The number of hydrogen-bond donors (Lipinski definition) is 2. The van der Waals surface area contributed by atoms with Gasteiger partial charge in [-0.2, -0.15) is 13.2 Å². The van der Waals surface area contributed by atoms with Crippen molar-refractivity contribution >= 4 is 6.03 Å². The third kappa shape index (κ3) is 4.95. The number of alkyl halides is 3. The zero-order chi connectivity index (χ0) is 14.7. The molecule has 18 heavy (non-hydrogen) atoms. The molecule has 0 fully saturated rings. The molecule has 0 heterocycles. The van der Waals surface area contributed by atoms with Crippen molar-refractivity contribution in [3.8, 4) is 0 Å². The molecule has 0 aliphatic carbocycles. The van der Waals surface area contributed by atoms with Gasteiger partial charge in [0.2, 0.25) is 0 Å². The minimum atomic E-state index is -4.27. The lowest BCUT2D eigenvalue weighted by atomic mass is 9.98. The highest BCUT2D eigenvalue weighted by Gasteiger charge is 2.33. The highest BCUT2D eigenvalue weighted by Crippen LogP contribution is 2.28. The van der Waals surface area contributed by atoms with Crippen molar-refractivity contribution in [2.75, 3.05) is 7.05 Å². The minimum absolute atomic E-state index is 0.237. The number of nitrogens with zero attached hydrogens (tertiary/aromatic N) is 1. The zero-order valence-electron chi connectivity index (χ0n) is 10.9. The molecule has 0 aliphatic rings. The number of carbonyl (C=O) groups excluding carboxylic acids is 1. The largest absolute Gasteiger partial charge is 0.389 e. The summed E-state index contributed by atoms with van der Waals surface area (Å²) in [6.07, 6.45) is -3.97. The van der Waals surface area contributed by atoms with Gasteiger partial charge in [-0.3, -0.25) is 4.90 Å². The molecule has 4 nitrogen and oxygen atoms in total. The maximum Gasteiger partial charge on any atom is 0.389 e. The van der Waals surface area contributed by atoms with E-state index in [1.54, 1.807) is 0 Å². The molecule has 0 aromatic rings. The van der Waals surface area contributed by atoms with Crippen LogP contribution >= 0.6 is 0 Å². The van der Waals surface area contributed by atoms with Gasteiger partial charge < -0.3 is 10.8 Å². The van der Waals surface area contributed by atoms with Crippen LogP contribution in [-0.4, -0.2) is 35.0 Å². The summed E-state index contributed by atoms with van der Waals surface area (Å²) in [7, 11) is 1.27. The van der Waals surface area contributed by atoms with Crippen molar-refractivity contribution < 1.29 is 23.1 Å². The van der Waals surface area contributed by atoms with Gasteiger partial charge in [0.05, 0.1) is 0 Å². The molecule has 7 heteroatoms. The number of carbonyl (C=O) groups is 1. The van der Waals surface area contributed by atoms with Gasteiger partial charge in [-0.05, 0) is 25.3 Å². The van der Waals surface area contributed by atoms with Crippen LogP contribution in [0.3, 0.4) is 0 Å². The molecule has 0 aromatic carbocycles. The van der Waals surface area contributed by atoms with E-state index in [1.165, 1.54) is 33.9 Å². The van der Waals surface area contributed by atoms with E-state index in [9.17, 15) is 23.1 Å². The second kappa shape index (κ2) is 5.60. The number of urea groups is 1. The summed E-state index contributed by atoms with van der Waals surface area (Å²) >= 11 is 0. The molecule has 0 bridgehead atoms. The molecule has 2 amide bonds. The highest BCUT2D eigenvalue weighted by molar-refractivity contribution is 5.72. The third-order valence-electron chi connectivity index (χ3n) is 2.82. The summed E-state index contributed by atoms with van der Waals surface area (Å²) in [5.41, 5.74) is 3.55. The predicted octanol–water partition coefficient (Wildman–Crippen LogP) is 2.24. The number of nitrogens with two attached hydrogens (primary N) is 1. The van der Waals surface area contributed by atoms with Crippen molar-refractivity contribution in [3.63, 3.8) is 0 Å². The number of halogens is 3. The highest BCUT2D eigenvalue weighted by atomic mass is 19.4. The molecule has 0 saturated carbocycles. The minimum Gasteiger partial charge on any atom is -0.367 e. The molecule has 0 radical (unpaired) electrons. The standard InChI is InChI=1S/C11H19F3N2O2/c1-7(6-11(12,13)14)5-8(2)10(3,18)16(4)9(15)17/h5,7,18H,6H2,1-4H3,(H2,15,17). The van der Waals surface area contributed by atoms with Gasteiger partial charge in [-0.25, -0.2) is 4.79 Å². The lowest BCUT2D eigenvalue weighted by molar-refractivity contribution is -0.140. The van der Waals surface area contributed by atoms with E-state index in [0.29, 0.717) is 0 Å². The maximum atomic E-state index is 12.2. The van der Waals surface area contributed by atoms with Crippen LogP contribution in [0.15, 0.2) is 11.6 Å². The van der Waals surface area contributed by atoms with Gasteiger partial charge in [0.25, 0.3) is 0 Å². The number of primary amides is 1. The second-order valence-electron chi connectivity index (χ2n) is 4.56. The fraction of sp³-hybridized carbons (Fsp3) is 0.727. The second-order valence-corrected chi connectivity index (χ2v) is 4.56. The fourth-order valence-electron chi connectivity index (χ4n) is 1.49. The van der Waals surface area contributed by atoms with Crippen LogP contribution in [0.4, 0.5) is 18.0 Å². The Morgan fingerprint density at radius 2 is 1.94 bits per heavy atom. The van der Waals surface area contributed by atoms with E-state index < -0.39 is 30.3 Å². The quantitative estimate of drug-likeness (QED) is 0.606.